The Morgan fingerprint density at radius 3 is 2.51 bits per heavy atom. The number of fused-ring (bicyclic) bond motifs is 1. The average Bonchev–Trinajstić information content (AvgIpc) is 3.30. The van der Waals surface area contributed by atoms with Gasteiger partial charge in [-0.2, -0.15) is 0 Å². The van der Waals surface area contributed by atoms with E-state index >= 15 is 0 Å². The lowest BCUT2D eigenvalue weighted by Crippen LogP contribution is -2.27. The largest absolute Gasteiger partial charge is 0.477 e. The third kappa shape index (κ3) is 5.74. The minimum atomic E-state index is -1.59. The predicted molar refractivity (Wildman–Crippen MR) is 136 cm³/mol. The molecule has 3 heterocycles. The zero-order chi connectivity index (χ0) is 27.5. The van der Waals surface area contributed by atoms with Gasteiger partial charge in [0, 0.05) is 36.4 Å². The van der Waals surface area contributed by atoms with E-state index in [2.05, 4.69) is 10.3 Å². The fourth-order valence-corrected chi connectivity index (χ4v) is 4.46. The first kappa shape index (κ1) is 25.9. The molecule has 5 rings (SSSR count). The van der Waals surface area contributed by atoms with Gasteiger partial charge in [0.05, 0.1) is 30.8 Å². The molecule has 0 saturated carbocycles. The van der Waals surface area contributed by atoms with Crippen molar-refractivity contribution in [3.8, 4) is 5.88 Å². The van der Waals surface area contributed by atoms with E-state index in [-0.39, 0.29) is 48.9 Å². The number of Topliss-reactive ketones (excluding diaryl/α,β-unsaturated/α-hetero) is 1. The third-order valence-electron chi connectivity index (χ3n) is 6.44. The van der Waals surface area contributed by atoms with E-state index in [0.29, 0.717) is 5.69 Å². The Kier molecular flexibility index (Phi) is 7.27. The quantitative estimate of drug-likeness (QED) is 0.250. The summed E-state index contributed by atoms with van der Waals surface area (Å²) >= 11 is 0. The van der Waals surface area contributed by atoms with Gasteiger partial charge in [0.15, 0.2) is 23.2 Å². The van der Waals surface area contributed by atoms with Crippen molar-refractivity contribution in [1.82, 2.24) is 9.55 Å². The Hall–Kier alpha value is -4.73. The molecule has 1 N–H and O–H groups in total. The number of nitrogens with zero attached hydrogens (tertiary/aromatic N) is 2. The Morgan fingerprint density at radius 2 is 1.77 bits per heavy atom. The van der Waals surface area contributed by atoms with Crippen LogP contribution in [0, 0.1) is 17.5 Å². The van der Waals surface area contributed by atoms with E-state index in [1.54, 1.807) is 12.3 Å². The van der Waals surface area contributed by atoms with Crippen molar-refractivity contribution in [1.29, 1.82) is 0 Å². The molecule has 1 amide bonds. The van der Waals surface area contributed by atoms with Crippen LogP contribution in [0.5, 0.6) is 5.88 Å². The zero-order valence-electron chi connectivity index (χ0n) is 20.5. The summed E-state index contributed by atoms with van der Waals surface area (Å²) in [5, 5.41) is 2.74. The van der Waals surface area contributed by atoms with Gasteiger partial charge in [0.25, 0.3) is 5.56 Å². The molecule has 4 aromatic rings. The van der Waals surface area contributed by atoms with Crippen molar-refractivity contribution in [2.45, 2.75) is 25.3 Å². The number of ketones is 1. The first-order valence-electron chi connectivity index (χ1n) is 12.1. The highest BCUT2D eigenvalue weighted by atomic mass is 19.2. The van der Waals surface area contributed by atoms with Crippen molar-refractivity contribution in [2.75, 3.05) is 11.9 Å². The Morgan fingerprint density at radius 1 is 1.03 bits per heavy atom. The van der Waals surface area contributed by atoms with Crippen LogP contribution in [0.3, 0.4) is 0 Å². The normalized spacial score (nSPS) is 13.1. The number of rotatable bonds is 9. The molecule has 7 nitrogen and oxygen atoms in total. The number of amides is 1. The van der Waals surface area contributed by atoms with Crippen LogP contribution in [0.15, 0.2) is 77.9 Å². The Labute approximate surface area is 220 Å². The lowest BCUT2D eigenvalue weighted by Gasteiger charge is -2.18. The van der Waals surface area contributed by atoms with E-state index in [4.69, 9.17) is 4.74 Å². The molecule has 1 atom stereocenters. The molecule has 2 aromatic heterocycles. The van der Waals surface area contributed by atoms with Gasteiger partial charge >= 0.3 is 0 Å². The van der Waals surface area contributed by atoms with Crippen LogP contribution >= 0.6 is 0 Å². The SMILES string of the molecule is O=C1Cc2cnc(OC[C@H](CC(=O)c3cccn(Cc4cc(F)c(F)c(F)c4)c3=O)c3ccccc3)cc2N1. The van der Waals surface area contributed by atoms with Crippen LogP contribution in [-0.4, -0.2) is 27.8 Å². The van der Waals surface area contributed by atoms with E-state index in [9.17, 15) is 27.6 Å². The van der Waals surface area contributed by atoms with Crippen molar-refractivity contribution in [2.24, 2.45) is 0 Å². The number of aromatic nitrogens is 2. The number of ether oxygens (including phenoxy) is 1. The maximum absolute atomic E-state index is 13.6. The topological polar surface area (TPSA) is 90.3 Å². The molecule has 0 spiro atoms. The zero-order valence-corrected chi connectivity index (χ0v) is 20.5. The molecule has 0 radical (unpaired) electrons. The van der Waals surface area contributed by atoms with Crippen molar-refractivity contribution in [3.05, 3.63) is 123 Å². The standard InChI is InChI=1S/C29H22F3N3O4/c30-22-9-17(10-23(31)28(22)32)15-35-8-4-7-21(29(35)38)25(36)11-20(18-5-2-1-3-6-18)16-39-27-13-24-19(14-33-27)12-26(37)34-24/h1-10,13-14,20H,11-12,15-16H2,(H,34,37)/t20-/m0/s1. The van der Waals surface area contributed by atoms with E-state index in [0.717, 1.165) is 27.8 Å². The van der Waals surface area contributed by atoms with Crippen LogP contribution < -0.4 is 15.6 Å². The lowest BCUT2D eigenvalue weighted by molar-refractivity contribution is -0.115. The molecule has 0 bridgehead atoms. The van der Waals surface area contributed by atoms with Crippen LogP contribution in [0.1, 0.15) is 39.4 Å². The molecule has 0 saturated heterocycles. The number of nitrogens with one attached hydrogen (secondary N) is 1. The van der Waals surface area contributed by atoms with Crippen LogP contribution in [0.4, 0.5) is 18.9 Å². The third-order valence-corrected chi connectivity index (χ3v) is 6.44. The summed E-state index contributed by atoms with van der Waals surface area (Å²) < 4.78 is 47.6. The van der Waals surface area contributed by atoms with Crippen LogP contribution in [0.2, 0.25) is 0 Å². The molecule has 0 fully saturated rings. The second-order valence-corrected chi connectivity index (χ2v) is 9.18. The summed E-state index contributed by atoms with van der Waals surface area (Å²) in [4.78, 5) is 42.3. The first-order chi connectivity index (χ1) is 18.8. The van der Waals surface area contributed by atoms with Gasteiger partial charge in [0.2, 0.25) is 11.8 Å². The van der Waals surface area contributed by atoms with E-state index in [1.807, 2.05) is 30.3 Å². The number of pyridine rings is 2. The molecule has 39 heavy (non-hydrogen) atoms. The summed E-state index contributed by atoms with van der Waals surface area (Å²) in [5.74, 6) is -5.05. The number of benzene rings is 2. The number of halogens is 3. The van der Waals surface area contributed by atoms with Gasteiger partial charge < -0.3 is 14.6 Å². The van der Waals surface area contributed by atoms with Crippen molar-refractivity contribution < 1.29 is 27.5 Å². The van der Waals surface area contributed by atoms with Gasteiger partial charge in [-0.25, -0.2) is 18.2 Å². The van der Waals surface area contributed by atoms with Crippen molar-refractivity contribution >= 4 is 17.4 Å². The monoisotopic (exact) mass is 533 g/mol. The minimum Gasteiger partial charge on any atom is -0.477 e. The second-order valence-electron chi connectivity index (χ2n) is 9.18. The minimum absolute atomic E-state index is 0.0340. The van der Waals surface area contributed by atoms with Gasteiger partial charge in [-0.15, -0.1) is 0 Å². The number of anilines is 1. The number of carbonyl (C=O) groups excluding carboxylic acids is 2. The highest BCUT2D eigenvalue weighted by Gasteiger charge is 2.23. The molecule has 198 valence electrons. The van der Waals surface area contributed by atoms with Gasteiger partial charge in [0.1, 0.15) is 0 Å². The maximum atomic E-state index is 13.6. The highest BCUT2D eigenvalue weighted by molar-refractivity contribution is 5.99. The molecular weight excluding hydrogens is 511 g/mol. The van der Waals surface area contributed by atoms with E-state index in [1.165, 1.54) is 18.3 Å². The van der Waals surface area contributed by atoms with Gasteiger partial charge in [-0.05, 0) is 35.4 Å². The van der Waals surface area contributed by atoms with E-state index < -0.39 is 34.7 Å². The van der Waals surface area contributed by atoms with Gasteiger partial charge in [-0.3, -0.25) is 14.4 Å². The smallest absolute Gasteiger partial charge is 0.261 e. The summed E-state index contributed by atoms with van der Waals surface area (Å²) in [6.45, 7) is -0.176. The molecular formula is C29H22F3N3O4. The molecule has 10 heteroatoms. The predicted octanol–water partition coefficient (Wildman–Crippen LogP) is 4.64. The molecule has 1 aliphatic heterocycles. The summed E-state index contributed by atoms with van der Waals surface area (Å²) in [5.41, 5.74) is 1.51. The molecule has 2 aromatic carbocycles. The number of hydrogen-bond donors (Lipinski definition) is 1. The summed E-state index contributed by atoms with van der Waals surface area (Å²) in [6, 6.07) is 15.3. The fourth-order valence-electron chi connectivity index (χ4n) is 4.46. The van der Waals surface area contributed by atoms with Gasteiger partial charge in [-0.1, -0.05) is 30.3 Å². The Bertz CT molecular complexity index is 1600. The molecule has 1 aliphatic rings. The number of hydrogen-bond acceptors (Lipinski definition) is 5. The second kappa shape index (κ2) is 10.9. The van der Waals surface area contributed by atoms with Crippen molar-refractivity contribution in [3.63, 3.8) is 0 Å². The Balaban J connectivity index is 1.35. The maximum Gasteiger partial charge on any atom is 0.261 e. The molecule has 0 aliphatic carbocycles. The number of carbonyl (C=O) groups is 2. The fraction of sp³-hybridized carbons (Fsp3) is 0.172. The lowest BCUT2D eigenvalue weighted by atomic mass is 9.92. The highest BCUT2D eigenvalue weighted by Crippen LogP contribution is 2.27. The van der Waals surface area contributed by atoms with Crippen LogP contribution in [-0.2, 0) is 17.8 Å². The first-order valence-corrected chi connectivity index (χ1v) is 12.1. The van der Waals surface area contributed by atoms with Crippen LogP contribution in [0.25, 0.3) is 0 Å². The summed E-state index contributed by atoms with van der Waals surface area (Å²) in [6.07, 6.45) is 3.14. The average molecular weight is 534 g/mol. The summed E-state index contributed by atoms with van der Waals surface area (Å²) in [7, 11) is 0. The molecule has 0 unspecified atom stereocenters.